The average molecular weight is 501 g/mol. The molecule has 7 nitrogen and oxygen atoms in total. The zero-order valence-electron chi connectivity index (χ0n) is 21.4. The van der Waals surface area contributed by atoms with Crippen molar-refractivity contribution < 1.29 is 13.6 Å². The number of hydrogen-bond acceptors (Lipinski definition) is 5. The highest BCUT2D eigenvalue weighted by Crippen LogP contribution is 2.36. The minimum absolute atomic E-state index is 0.117. The summed E-state index contributed by atoms with van der Waals surface area (Å²) in [4.78, 5) is 31.5. The first kappa shape index (κ1) is 26.8. The van der Waals surface area contributed by atoms with Crippen molar-refractivity contribution in [3.8, 4) is 0 Å². The Hall–Kier alpha value is -2.78. The SMILES string of the molecule is CC(C)(C)[Si](C)(C)OCC=Cc1cn(Cc2ccc(F)cc2)c(=O)c(N2CCC(C(N)=O)CC2)n1. The lowest BCUT2D eigenvalue weighted by Gasteiger charge is -2.35. The van der Waals surface area contributed by atoms with Crippen LogP contribution >= 0.6 is 0 Å². The molecule has 3 rings (SSSR count). The molecule has 35 heavy (non-hydrogen) atoms. The van der Waals surface area contributed by atoms with Crippen LogP contribution < -0.4 is 16.2 Å². The van der Waals surface area contributed by atoms with Crippen LogP contribution in [-0.2, 0) is 15.8 Å². The molecule has 1 aromatic heterocycles. The third-order valence-corrected chi connectivity index (χ3v) is 11.6. The molecule has 0 atom stereocenters. The van der Waals surface area contributed by atoms with Crippen LogP contribution in [-0.4, -0.2) is 43.5 Å². The van der Waals surface area contributed by atoms with E-state index in [2.05, 4.69) is 38.8 Å². The molecule has 0 saturated carbocycles. The molecule has 1 aliphatic heterocycles. The maximum atomic E-state index is 13.4. The van der Waals surface area contributed by atoms with Gasteiger partial charge < -0.3 is 19.6 Å². The van der Waals surface area contributed by atoms with E-state index in [1.165, 1.54) is 12.1 Å². The summed E-state index contributed by atoms with van der Waals surface area (Å²) in [6, 6.07) is 6.11. The largest absolute Gasteiger partial charge is 0.413 e. The summed E-state index contributed by atoms with van der Waals surface area (Å²) in [5.41, 5.74) is 6.70. The van der Waals surface area contributed by atoms with E-state index in [-0.39, 0.29) is 28.2 Å². The number of primary amides is 1. The van der Waals surface area contributed by atoms with Gasteiger partial charge in [-0.1, -0.05) is 39.0 Å². The number of hydrogen-bond donors (Lipinski definition) is 1. The Morgan fingerprint density at radius 2 is 1.86 bits per heavy atom. The first-order valence-electron chi connectivity index (χ1n) is 12.1. The molecule has 2 heterocycles. The number of aromatic nitrogens is 2. The molecule has 1 saturated heterocycles. The van der Waals surface area contributed by atoms with E-state index < -0.39 is 8.32 Å². The quantitative estimate of drug-likeness (QED) is 0.550. The first-order valence-corrected chi connectivity index (χ1v) is 15.0. The molecule has 1 aliphatic rings. The molecule has 1 fully saturated rings. The van der Waals surface area contributed by atoms with E-state index >= 15 is 0 Å². The monoisotopic (exact) mass is 500 g/mol. The van der Waals surface area contributed by atoms with Gasteiger partial charge in [-0.25, -0.2) is 9.37 Å². The van der Waals surface area contributed by atoms with Crippen LogP contribution in [0.2, 0.25) is 18.1 Å². The van der Waals surface area contributed by atoms with Gasteiger partial charge in [0, 0.05) is 25.2 Å². The van der Waals surface area contributed by atoms with Crippen LogP contribution in [0.15, 0.2) is 41.3 Å². The number of rotatable bonds is 8. The molecule has 0 radical (unpaired) electrons. The molecule has 9 heteroatoms. The molecular formula is C26H37FN4O3Si. The zero-order valence-corrected chi connectivity index (χ0v) is 22.4. The molecule has 0 spiro atoms. The number of carbonyl (C=O) groups excluding carboxylic acids is 1. The number of amides is 1. The van der Waals surface area contributed by atoms with E-state index in [0.29, 0.717) is 50.6 Å². The number of halogens is 1. The molecule has 2 N–H and O–H groups in total. The summed E-state index contributed by atoms with van der Waals surface area (Å²) in [5.74, 6) is -0.449. The molecule has 1 aromatic carbocycles. The predicted octanol–water partition coefficient (Wildman–Crippen LogP) is 4.17. The third-order valence-electron chi connectivity index (χ3n) is 7.07. The van der Waals surface area contributed by atoms with Gasteiger partial charge in [-0.3, -0.25) is 9.59 Å². The summed E-state index contributed by atoms with van der Waals surface area (Å²) in [7, 11) is -1.88. The highest BCUT2D eigenvalue weighted by atomic mass is 28.4. The van der Waals surface area contributed by atoms with Crippen LogP contribution in [0.3, 0.4) is 0 Å². The van der Waals surface area contributed by atoms with Gasteiger partial charge in [0.1, 0.15) is 5.82 Å². The van der Waals surface area contributed by atoms with Gasteiger partial charge in [-0.15, -0.1) is 0 Å². The van der Waals surface area contributed by atoms with Gasteiger partial charge in [0.25, 0.3) is 5.56 Å². The van der Waals surface area contributed by atoms with Gasteiger partial charge in [0.15, 0.2) is 14.1 Å². The summed E-state index contributed by atoms with van der Waals surface area (Å²) in [6.45, 7) is 12.8. The van der Waals surface area contributed by atoms with Crippen molar-refractivity contribution in [1.82, 2.24) is 9.55 Å². The Morgan fingerprint density at radius 1 is 1.23 bits per heavy atom. The molecule has 0 bridgehead atoms. The van der Waals surface area contributed by atoms with Gasteiger partial charge in [0.2, 0.25) is 5.91 Å². The maximum Gasteiger partial charge on any atom is 0.293 e. The maximum absolute atomic E-state index is 13.4. The summed E-state index contributed by atoms with van der Waals surface area (Å²) in [6.07, 6.45) is 6.70. The van der Waals surface area contributed by atoms with Crippen molar-refractivity contribution in [2.75, 3.05) is 24.6 Å². The van der Waals surface area contributed by atoms with Crippen molar-refractivity contribution in [3.05, 3.63) is 64.0 Å². The van der Waals surface area contributed by atoms with Crippen LogP contribution in [0.25, 0.3) is 6.08 Å². The zero-order chi connectivity index (χ0) is 25.8. The lowest BCUT2D eigenvalue weighted by Crippen LogP contribution is -2.42. The van der Waals surface area contributed by atoms with Crippen molar-refractivity contribution in [1.29, 1.82) is 0 Å². The molecule has 0 unspecified atom stereocenters. The number of anilines is 1. The van der Waals surface area contributed by atoms with Crippen molar-refractivity contribution >= 4 is 26.1 Å². The Balaban J connectivity index is 1.86. The van der Waals surface area contributed by atoms with Crippen LogP contribution in [0, 0.1) is 11.7 Å². The fraction of sp³-hybridized carbons (Fsp3) is 0.500. The minimum atomic E-state index is -1.88. The van der Waals surface area contributed by atoms with Crippen molar-refractivity contribution in [3.63, 3.8) is 0 Å². The van der Waals surface area contributed by atoms with Gasteiger partial charge >= 0.3 is 0 Å². The Labute approximate surface area is 207 Å². The highest BCUT2D eigenvalue weighted by molar-refractivity contribution is 6.74. The molecule has 190 valence electrons. The number of benzene rings is 1. The molecule has 1 amide bonds. The number of piperidine rings is 1. The van der Waals surface area contributed by atoms with Gasteiger partial charge in [-0.05, 0) is 54.7 Å². The van der Waals surface area contributed by atoms with Gasteiger partial charge in [-0.2, -0.15) is 0 Å². The Morgan fingerprint density at radius 3 is 2.43 bits per heavy atom. The second-order valence-electron chi connectivity index (χ2n) is 10.7. The number of carbonyl (C=O) groups is 1. The standard InChI is InChI=1S/C26H37FN4O3Si/c1-26(2,3)35(4,5)34-16-6-7-22-18-31(17-19-8-10-21(27)11-9-19)25(33)24(29-22)30-14-12-20(13-15-30)23(28)32/h6-11,18,20H,12-17H2,1-5H3,(H2,28,32). The third kappa shape index (κ3) is 6.88. The van der Waals surface area contributed by atoms with E-state index in [4.69, 9.17) is 10.2 Å². The predicted molar refractivity (Wildman–Crippen MR) is 140 cm³/mol. The van der Waals surface area contributed by atoms with E-state index in [1.54, 1.807) is 22.9 Å². The van der Waals surface area contributed by atoms with E-state index in [1.807, 2.05) is 17.1 Å². The Bertz CT molecular complexity index is 1110. The first-order chi connectivity index (χ1) is 16.4. The molecular weight excluding hydrogens is 463 g/mol. The second-order valence-corrected chi connectivity index (χ2v) is 15.5. The summed E-state index contributed by atoms with van der Waals surface area (Å²) < 4.78 is 21.2. The van der Waals surface area contributed by atoms with Crippen LogP contribution in [0.5, 0.6) is 0 Å². The molecule has 2 aromatic rings. The van der Waals surface area contributed by atoms with E-state index in [0.717, 1.165) is 5.56 Å². The average Bonchev–Trinajstić information content (AvgIpc) is 2.79. The van der Waals surface area contributed by atoms with E-state index in [9.17, 15) is 14.0 Å². The fourth-order valence-electron chi connectivity index (χ4n) is 3.75. The topological polar surface area (TPSA) is 90.5 Å². The lowest BCUT2D eigenvalue weighted by molar-refractivity contribution is -0.122. The summed E-state index contributed by atoms with van der Waals surface area (Å²) in [5, 5.41) is 0.117. The van der Waals surface area contributed by atoms with Gasteiger partial charge in [0.05, 0.1) is 18.8 Å². The lowest BCUT2D eigenvalue weighted by atomic mass is 9.96. The normalized spacial score (nSPS) is 15.7. The van der Waals surface area contributed by atoms with Crippen LogP contribution in [0.4, 0.5) is 10.2 Å². The summed E-state index contributed by atoms with van der Waals surface area (Å²) >= 11 is 0. The number of nitrogens with zero attached hydrogens (tertiary/aromatic N) is 3. The number of nitrogens with two attached hydrogens (primary N) is 1. The van der Waals surface area contributed by atoms with Crippen LogP contribution in [0.1, 0.15) is 44.9 Å². The highest BCUT2D eigenvalue weighted by Gasteiger charge is 2.36. The van der Waals surface area contributed by atoms with Crippen molar-refractivity contribution in [2.45, 2.75) is 58.3 Å². The Kier molecular flexibility index (Phi) is 8.32. The minimum Gasteiger partial charge on any atom is -0.413 e. The fourth-order valence-corrected chi connectivity index (χ4v) is 4.70. The smallest absolute Gasteiger partial charge is 0.293 e. The molecule has 0 aliphatic carbocycles. The van der Waals surface area contributed by atoms with Crippen molar-refractivity contribution in [2.24, 2.45) is 11.7 Å². The second kappa shape index (κ2) is 10.9.